The number of para-hydroxylation sites is 1. The van der Waals surface area contributed by atoms with Crippen molar-refractivity contribution in [1.82, 2.24) is 4.90 Å². The van der Waals surface area contributed by atoms with Gasteiger partial charge in [-0.1, -0.05) is 18.2 Å². The van der Waals surface area contributed by atoms with E-state index in [0.717, 1.165) is 4.90 Å². The van der Waals surface area contributed by atoms with Crippen LogP contribution in [0.4, 0.5) is 13.2 Å². The van der Waals surface area contributed by atoms with Crippen LogP contribution < -0.4 is 4.74 Å². The van der Waals surface area contributed by atoms with Gasteiger partial charge in [0.25, 0.3) is 0 Å². The van der Waals surface area contributed by atoms with Gasteiger partial charge in [0.2, 0.25) is 5.54 Å². The van der Waals surface area contributed by atoms with Gasteiger partial charge in [0.15, 0.2) is 0 Å². The Balaban J connectivity index is 2.51. The summed E-state index contributed by atoms with van der Waals surface area (Å²) >= 11 is 0. The Labute approximate surface area is 168 Å². The predicted octanol–water partition coefficient (Wildman–Crippen LogP) is 3.79. The number of carboxylic acids is 1. The largest absolute Gasteiger partial charge is 0.488 e. The van der Waals surface area contributed by atoms with Crippen molar-refractivity contribution < 1.29 is 37.3 Å². The summed E-state index contributed by atoms with van der Waals surface area (Å²) in [5, 5.41) is 9.93. The lowest BCUT2D eigenvalue weighted by molar-refractivity contribution is -0.248. The van der Waals surface area contributed by atoms with E-state index in [1.807, 2.05) is 0 Å². The third-order valence-electron chi connectivity index (χ3n) is 4.75. The van der Waals surface area contributed by atoms with Gasteiger partial charge >= 0.3 is 12.1 Å². The molecule has 1 aromatic carbocycles. The highest BCUT2D eigenvalue weighted by molar-refractivity contribution is 5.83. The molecule has 1 fully saturated rings. The van der Waals surface area contributed by atoms with Gasteiger partial charge in [0.1, 0.15) is 18.1 Å². The van der Waals surface area contributed by atoms with Gasteiger partial charge < -0.3 is 19.3 Å². The van der Waals surface area contributed by atoms with Gasteiger partial charge in [-0.2, -0.15) is 13.2 Å². The number of alkyl halides is 3. The number of nitrogens with zero attached hydrogens (tertiary/aromatic N) is 1. The van der Waals surface area contributed by atoms with Crippen LogP contribution in [0.3, 0.4) is 0 Å². The lowest BCUT2D eigenvalue weighted by Gasteiger charge is -2.45. The zero-order chi connectivity index (χ0) is 21.9. The van der Waals surface area contributed by atoms with E-state index in [-0.39, 0.29) is 44.6 Å². The molecule has 0 aromatic heterocycles. The first kappa shape index (κ1) is 23.4. The second-order valence-electron chi connectivity index (χ2n) is 7.98. The summed E-state index contributed by atoms with van der Waals surface area (Å²) < 4.78 is 59.4. The van der Waals surface area contributed by atoms with Crippen molar-refractivity contribution in [3.05, 3.63) is 29.8 Å². The normalized spacial score (nSPS) is 19.0. The third-order valence-corrected chi connectivity index (χ3v) is 4.75. The number of aliphatic carboxylic acids is 1. The van der Waals surface area contributed by atoms with Crippen LogP contribution in [0.1, 0.15) is 39.2 Å². The molecule has 6 nitrogen and oxygen atoms in total. The van der Waals surface area contributed by atoms with E-state index in [1.165, 1.54) is 31.4 Å². The number of likely N-dealkylation sites (tertiary alicyclic amines) is 1. The van der Waals surface area contributed by atoms with Crippen LogP contribution in [0.25, 0.3) is 0 Å². The van der Waals surface area contributed by atoms with Crippen molar-refractivity contribution >= 4 is 5.97 Å². The number of carboxylic acid groups (broad SMARTS) is 1. The number of hydrogen-bond donors (Lipinski definition) is 1. The lowest BCUT2D eigenvalue weighted by Crippen LogP contribution is -2.63. The molecule has 1 saturated heterocycles. The molecular formula is C20H28F3NO5. The van der Waals surface area contributed by atoms with Crippen molar-refractivity contribution in [3.63, 3.8) is 0 Å². The molecule has 0 spiro atoms. The van der Waals surface area contributed by atoms with Crippen LogP contribution in [0, 0.1) is 0 Å². The standard InChI is InChI=1S/C20H28F3NO5/c1-18(2,3)29-16-8-6-5-7-15(16)19(17(25)26,20(21,22)23)24-11-9-14(10-12-24)28-13-27-4/h5-8,14H,9-13H2,1-4H3,(H,25,26). The average molecular weight is 419 g/mol. The summed E-state index contributed by atoms with van der Waals surface area (Å²) in [6.45, 7) is 4.93. The number of carbonyl (C=O) groups is 1. The van der Waals surface area contributed by atoms with Crippen molar-refractivity contribution in [1.29, 1.82) is 0 Å². The van der Waals surface area contributed by atoms with Crippen LogP contribution >= 0.6 is 0 Å². The van der Waals surface area contributed by atoms with Crippen molar-refractivity contribution in [2.24, 2.45) is 0 Å². The predicted molar refractivity (Wildman–Crippen MR) is 99.7 cm³/mol. The van der Waals surface area contributed by atoms with Crippen molar-refractivity contribution in [2.75, 3.05) is 27.0 Å². The fourth-order valence-electron chi connectivity index (χ4n) is 3.58. The van der Waals surface area contributed by atoms with Crippen LogP contribution in [0.5, 0.6) is 5.75 Å². The van der Waals surface area contributed by atoms with Crippen LogP contribution in [-0.2, 0) is 19.8 Å². The molecule has 2 rings (SSSR count). The molecule has 0 saturated carbocycles. The fraction of sp³-hybridized carbons (Fsp3) is 0.650. The molecule has 1 aromatic rings. The minimum atomic E-state index is -5.07. The van der Waals surface area contributed by atoms with Crippen LogP contribution in [0.2, 0.25) is 0 Å². The summed E-state index contributed by atoms with van der Waals surface area (Å²) in [5.74, 6) is -2.08. The summed E-state index contributed by atoms with van der Waals surface area (Å²) in [6.07, 6.45) is -4.84. The van der Waals surface area contributed by atoms with Crippen LogP contribution in [-0.4, -0.2) is 60.8 Å². The maximum absolute atomic E-state index is 14.5. The summed E-state index contributed by atoms with van der Waals surface area (Å²) in [7, 11) is 1.46. The van der Waals surface area contributed by atoms with Crippen molar-refractivity contribution in [3.8, 4) is 5.75 Å². The molecule has 1 atom stereocenters. The minimum absolute atomic E-state index is 0.0380. The summed E-state index contributed by atoms with van der Waals surface area (Å²) in [6, 6.07) is 5.47. The molecule has 1 heterocycles. The smallest absolute Gasteiger partial charge is 0.422 e. The number of piperidine rings is 1. The molecule has 164 valence electrons. The number of methoxy groups -OCH3 is 1. The second kappa shape index (κ2) is 8.89. The van der Waals surface area contributed by atoms with E-state index < -0.39 is 28.8 Å². The lowest BCUT2D eigenvalue weighted by atomic mass is 9.84. The monoisotopic (exact) mass is 419 g/mol. The van der Waals surface area contributed by atoms with Gasteiger partial charge in [-0.3, -0.25) is 4.90 Å². The average Bonchev–Trinajstić information content (AvgIpc) is 2.60. The van der Waals surface area contributed by atoms with E-state index in [9.17, 15) is 23.1 Å². The Morgan fingerprint density at radius 3 is 2.24 bits per heavy atom. The molecule has 9 heteroatoms. The molecule has 0 aliphatic carbocycles. The maximum Gasteiger partial charge on any atom is 0.422 e. The molecular weight excluding hydrogens is 391 g/mol. The molecule has 1 aliphatic heterocycles. The zero-order valence-electron chi connectivity index (χ0n) is 17.1. The van der Waals surface area contributed by atoms with Crippen LogP contribution in [0.15, 0.2) is 24.3 Å². The Hall–Kier alpha value is -1.84. The first-order valence-electron chi connectivity index (χ1n) is 9.37. The Morgan fingerprint density at radius 2 is 1.76 bits per heavy atom. The van der Waals surface area contributed by atoms with Gasteiger partial charge in [0, 0.05) is 25.8 Å². The number of ether oxygens (including phenoxy) is 3. The molecule has 0 amide bonds. The van der Waals surface area contributed by atoms with Gasteiger partial charge in [-0.25, -0.2) is 4.79 Å². The Bertz CT molecular complexity index is 696. The third kappa shape index (κ3) is 5.02. The highest BCUT2D eigenvalue weighted by Gasteiger charge is 2.67. The van der Waals surface area contributed by atoms with Gasteiger partial charge in [0.05, 0.1) is 6.10 Å². The summed E-state index contributed by atoms with van der Waals surface area (Å²) in [5.41, 5.74) is -4.44. The van der Waals surface area contributed by atoms with Gasteiger partial charge in [-0.15, -0.1) is 0 Å². The van der Waals surface area contributed by atoms with E-state index in [0.29, 0.717) is 0 Å². The van der Waals surface area contributed by atoms with E-state index in [4.69, 9.17) is 14.2 Å². The molecule has 29 heavy (non-hydrogen) atoms. The van der Waals surface area contributed by atoms with E-state index >= 15 is 0 Å². The number of rotatable bonds is 7. The molecule has 1 aliphatic rings. The molecule has 0 bridgehead atoms. The minimum Gasteiger partial charge on any atom is -0.488 e. The Morgan fingerprint density at radius 1 is 1.17 bits per heavy atom. The zero-order valence-corrected chi connectivity index (χ0v) is 17.1. The first-order chi connectivity index (χ1) is 13.4. The quantitative estimate of drug-likeness (QED) is 0.679. The highest BCUT2D eigenvalue weighted by atomic mass is 19.4. The Kier molecular flexibility index (Phi) is 7.19. The maximum atomic E-state index is 14.5. The number of hydrogen-bond acceptors (Lipinski definition) is 5. The van der Waals surface area contributed by atoms with Gasteiger partial charge in [-0.05, 0) is 39.7 Å². The topological polar surface area (TPSA) is 68.2 Å². The SMILES string of the molecule is COCOC1CCN(C(C(=O)O)(c2ccccc2OC(C)(C)C)C(F)(F)F)CC1. The van der Waals surface area contributed by atoms with Crippen molar-refractivity contribution in [2.45, 2.75) is 57.0 Å². The number of benzene rings is 1. The summed E-state index contributed by atoms with van der Waals surface area (Å²) in [4.78, 5) is 13.2. The van der Waals surface area contributed by atoms with E-state index in [1.54, 1.807) is 20.8 Å². The highest BCUT2D eigenvalue weighted by Crippen LogP contribution is 2.49. The molecule has 0 radical (unpaired) electrons. The fourth-order valence-corrected chi connectivity index (χ4v) is 3.58. The molecule has 1 N–H and O–H groups in total. The first-order valence-corrected chi connectivity index (χ1v) is 9.37. The second-order valence-corrected chi connectivity index (χ2v) is 7.98. The molecule has 1 unspecified atom stereocenters. The van der Waals surface area contributed by atoms with E-state index in [2.05, 4.69) is 0 Å². The number of halogens is 3.